The van der Waals surface area contributed by atoms with Gasteiger partial charge in [-0.15, -0.1) is 0 Å². The van der Waals surface area contributed by atoms with E-state index in [1.807, 2.05) is 0 Å². The van der Waals surface area contributed by atoms with Gasteiger partial charge in [-0.3, -0.25) is 58.3 Å². The Morgan fingerprint density at radius 1 is 0.341 bits per heavy atom. The minimum absolute atomic E-state index is 0. The van der Waals surface area contributed by atoms with Gasteiger partial charge < -0.3 is 158 Å². The zero-order valence-corrected chi connectivity index (χ0v) is 75.6. The van der Waals surface area contributed by atoms with Crippen molar-refractivity contribution in [1.29, 1.82) is 0 Å². The zero-order chi connectivity index (χ0) is 99.3. The van der Waals surface area contributed by atoms with Gasteiger partial charge in [0.05, 0.1) is 47.3 Å². The van der Waals surface area contributed by atoms with Crippen molar-refractivity contribution >= 4 is 225 Å². The van der Waals surface area contributed by atoms with Gasteiger partial charge in [0, 0.05) is 144 Å². The van der Waals surface area contributed by atoms with E-state index in [1.165, 1.54) is 60.4 Å². The first-order chi connectivity index (χ1) is 64.7. The largest absolute Gasteiger partial charge is 2.00 e. The second-order valence-electron chi connectivity index (χ2n) is 29.2. The Bertz CT molecular complexity index is 5660. The normalized spacial score (nSPS) is 14.7. The second-order valence-corrected chi connectivity index (χ2v) is 29.2. The van der Waals surface area contributed by atoms with Crippen LogP contribution in [0.3, 0.4) is 0 Å². The van der Waals surface area contributed by atoms with Gasteiger partial charge in [-0.05, 0) is 97.1 Å². The molecule has 58 heteroatoms. The van der Waals surface area contributed by atoms with Gasteiger partial charge in [-0.2, -0.15) is 19.9 Å². The molecule has 0 aliphatic carbocycles. The topological polar surface area (TPSA) is 920 Å². The predicted molar refractivity (Wildman–Crippen MR) is 482 cm³/mol. The number of carboxylic acid groups (broad SMARTS) is 8. The first-order valence-corrected chi connectivity index (χ1v) is 39.7. The summed E-state index contributed by atoms with van der Waals surface area (Å²) in [5.41, 5.74) is 21.3. The fourth-order valence-electron chi connectivity index (χ4n) is 12.6. The predicted octanol–water partition coefficient (Wildman–Crippen LogP) is -6.71. The Kier molecular flexibility index (Phi) is 39.3. The Balaban J connectivity index is 0.000000249. The van der Waals surface area contributed by atoms with Gasteiger partial charge in [0.15, 0.2) is 23.3 Å². The molecule has 8 heterocycles. The van der Waals surface area contributed by atoms with Gasteiger partial charge in [0.1, 0.15) is 81.8 Å². The number of amides is 4. The first-order valence-electron chi connectivity index (χ1n) is 39.7. The van der Waals surface area contributed by atoms with Crippen molar-refractivity contribution in [3.63, 3.8) is 0 Å². The van der Waals surface area contributed by atoms with Crippen molar-refractivity contribution in [2.45, 2.75) is 74.0 Å². The molecule has 12 rings (SSSR count). The summed E-state index contributed by atoms with van der Waals surface area (Å²) in [6.07, 6.45) is -2.97. The van der Waals surface area contributed by atoms with Crippen LogP contribution in [0.4, 0.5) is 92.6 Å². The van der Waals surface area contributed by atoms with E-state index in [2.05, 4.69) is 125 Å². The Hall–Kier alpha value is -17.4. The Morgan fingerprint density at radius 3 is 0.696 bits per heavy atom. The van der Waals surface area contributed by atoms with E-state index in [9.17, 15) is 127 Å². The monoisotopic (exact) mass is 2120 g/mol. The molecule has 56 nitrogen and oxygen atoms in total. The number of rotatable bonds is 36. The summed E-state index contributed by atoms with van der Waals surface area (Å²) < 4.78 is 0. The molecular weight excluding hydrogens is 2040 g/mol. The van der Waals surface area contributed by atoms with Crippen LogP contribution in [0.25, 0.3) is 0 Å². The molecule has 8 aromatic rings. The summed E-state index contributed by atoms with van der Waals surface area (Å²) in [6, 6.07) is 17.1. The molecule has 0 saturated carbocycles. The number of nitrogens with zero attached hydrogens (tertiary/aromatic N) is 4. The smallest absolute Gasteiger partial charge is 0.544 e. The molecule has 4 aromatic carbocycles. The second kappa shape index (κ2) is 50.4. The van der Waals surface area contributed by atoms with E-state index in [-0.39, 0.29) is 152 Å². The molecule has 4 amide bonds. The van der Waals surface area contributed by atoms with E-state index in [0.717, 1.165) is 11.9 Å². The number of nitrogens with two attached hydrogens (primary N) is 4. The number of fused-ring (bicyclic) bond motifs is 4. The maximum atomic E-state index is 12.4. The molecule has 0 bridgehead atoms. The van der Waals surface area contributed by atoms with E-state index in [0.29, 0.717) is 98.4 Å². The number of H-pyrrole nitrogens is 4. The molecule has 4 aliphatic heterocycles. The number of aromatic nitrogens is 8. The molecule has 0 spiro atoms. The number of benzene rings is 4. The Morgan fingerprint density at radius 2 is 0.529 bits per heavy atom. The number of hydrogen-bond acceptors (Lipinski definition) is 42. The van der Waals surface area contributed by atoms with Gasteiger partial charge in [0.2, 0.25) is 23.8 Å². The molecule has 4 unspecified atom stereocenters. The summed E-state index contributed by atoms with van der Waals surface area (Å²) in [6.45, 7) is 3.53. The van der Waals surface area contributed by atoms with Crippen LogP contribution < -0.4 is 140 Å². The molecule has 0 fully saturated rings. The number of anilines is 16. The molecule has 4 aromatic heterocycles. The molecule has 34 N–H and O–H groups in total. The van der Waals surface area contributed by atoms with Crippen molar-refractivity contribution < 1.29 is 139 Å². The van der Waals surface area contributed by atoms with Crippen LogP contribution >= 0.6 is 0 Å². The van der Waals surface area contributed by atoms with E-state index in [4.69, 9.17) is 33.1 Å². The summed E-state index contributed by atoms with van der Waals surface area (Å²) in [5.74, 6) is -9.99. The average molecular weight is 2120 g/mol. The van der Waals surface area contributed by atoms with Crippen LogP contribution in [-0.4, -0.2) is 304 Å². The van der Waals surface area contributed by atoms with Gasteiger partial charge in [-0.1, -0.05) is 0 Å². The standard InChI is InChI=1S/4C20H21N7O7.Ca.Pt/c4*21-20-26-15-14(17(30)27-20)24-12(7-23-15)6-22-11-3-1-9(2-4-11)16(29)25-13(19(33)34)5-10(8-28)18(31)32;;/h4*1-4,12-13,22,24H,5-7H2,(H,25,29)(H,31,32)(H,33,34)(H4,21,23,26,27,30);;/q;;;;+2;/p-2/t4*12?,13-;;/m0000../s1. The minimum Gasteiger partial charge on any atom is -0.544 e. The van der Waals surface area contributed by atoms with Crippen LogP contribution in [0.2, 0.25) is 0 Å². The number of nitrogens with one attached hydrogen (secondary N) is 20. The zero-order valence-electron chi connectivity index (χ0n) is 71.1. The van der Waals surface area contributed by atoms with Crippen LogP contribution in [0.15, 0.2) is 139 Å². The third kappa shape index (κ3) is 30.8. The van der Waals surface area contributed by atoms with Crippen molar-refractivity contribution in [3.05, 3.63) is 183 Å². The number of aliphatic carboxylic acids is 8. The van der Waals surface area contributed by atoms with E-state index < -0.39 is 166 Å². The van der Waals surface area contributed by atoms with Crippen LogP contribution in [0.1, 0.15) is 67.1 Å². The fourth-order valence-corrected chi connectivity index (χ4v) is 12.6. The quantitative estimate of drug-likeness (QED) is 0.00986. The Labute approximate surface area is 816 Å². The maximum Gasteiger partial charge on any atom is 2.00 e. The first kappa shape index (κ1) is 108. The molecule has 722 valence electrons. The van der Waals surface area contributed by atoms with E-state index >= 15 is 0 Å². The maximum absolute atomic E-state index is 12.4. The van der Waals surface area contributed by atoms with Crippen LogP contribution in [-0.2, 0) is 78.6 Å². The van der Waals surface area contributed by atoms with Crippen molar-refractivity contribution in [3.8, 4) is 0 Å². The summed E-state index contributed by atoms with van der Waals surface area (Å²) in [4.78, 5) is 255. The van der Waals surface area contributed by atoms with E-state index in [1.54, 1.807) is 48.5 Å². The third-order valence-corrected chi connectivity index (χ3v) is 19.6. The average Bonchev–Trinajstić information content (AvgIpc) is 0.817. The third-order valence-electron chi connectivity index (χ3n) is 19.6. The van der Waals surface area contributed by atoms with Crippen LogP contribution in [0, 0.1) is 0 Å². The SMILES string of the molecule is Nc1nc2c(c(=O)[nH]1)NC(CNc1ccc(C(=O)N[C@@H](CC(=C=O)C(=O)O)C(=O)O)cc1)CN2.Nc1nc2c(c(=O)[nH]1)NC(CNc1ccc(C(=O)N[C@@H](CC(=C=O)C(=O)O)C(=O)O)cc1)CN2.Nc1nc2c(c(=O)[nH]1)NC(CNc1ccc(C(=O)N[C@@H](CC(=C=O)C(=O)[O-])C(=O)O)cc1)CN2.Nc1nc2c(c(=O)[nH]1)NC(CNc1ccc(C(=O)N[C@@H](CC(=C=O)C(=O)[O-])C(=O)O)cc1)CN2.[Ca+2].[Pt]. The number of carbonyl (C=O) groups excluding carboxylic acids is 10. The molecule has 4 aliphatic rings. The summed E-state index contributed by atoms with van der Waals surface area (Å²) >= 11 is 0. The molecule has 138 heavy (non-hydrogen) atoms. The van der Waals surface area contributed by atoms with Crippen molar-refractivity contribution in [1.82, 2.24) is 61.1 Å². The molecule has 8 atom stereocenters. The minimum atomic E-state index is -1.86. The number of carboxylic acids is 8. The fraction of sp³-hybridized carbons (Fsp3) is 0.250. The summed E-state index contributed by atoms with van der Waals surface area (Å²) in [5, 5.41) is 122. The van der Waals surface area contributed by atoms with Crippen molar-refractivity contribution in [2.75, 3.05) is 139 Å². The molecule has 0 radical (unpaired) electrons. The number of nitrogen functional groups attached to an aromatic ring is 4. The van der Waals surface area contributed by atoms with Gasteiger partial charge in [-0.25, -0.2) is 47.9 Å². The summed E-state index contributed by atoms with van der Waals surface area (Å²) in [7, 11) is 0. The molecular formula is C80H82CaN28O28Pt. The van der Waals surface area contributed by atoms with Gasteiger partial charge >= 0.3 is 73.6 Å². The molecule has 0 saturated heterocycles. The van der Waals surface area contributed by atoms with Crippen molar-refractivity contribution in [2.24, 2.45) is 0 Å². The number of aromatic amines is 4. The number of hydrogen-bond donors (Lipinski definition) is 30. The van der Waals surface area contributed by atoms with Crippen LogP contribution in [0.5, 0.6) is 0 Å². The number of carbonyl (C=O) groups is 12. The van der Waals surface area contributed by atoms with Gasteiger partial charge in [0.25, 0.3) is 45.9 Å².